The van der Waals surface area contributed by atoms with E-state index in [-0.39, 0.29) is 17.5 Å². The first-order valence-electron chi connectivity index (χ1n) is 15.4. The zero-order chi connectivity index (χ0) is 32.9. The molecule has 240 valence electrons. The Morgan fingerprint density at radius 2 is 1.69 bits per heavy atom. The zero-order valence-corrected chi connectivity index (χ0v) is 28.0. The van der Waals surface area contributed by atoms with Gasteiger partial charge in [-0.2, -0.15) is 9.61 Å². The minimum absolute atomic E-state index is 0.0639. The maximum absolute atomic E-state index is 14.3. The molecule has 0 spiro atoms. The number of hydrogen-bond donors (Lipinski definition) is 1. The van der Waals surface area contributed by atoms with Crippen LogP contribution in [-0.2, 0) is 11.3 Å². The molecule has 4 aromatic rings. The highest BCUT2D eigenvalue weighted by Gasteiger charge is 2.32. The molecule has 2 aromatic carbocycles. The average Bonchev–Trinajstić information content (AvgIpc) is 3.26. The minimum Gasteiger partial charge on any atom is -0.444 e. The maximum atomic E-state index is 14.3. The molecule has 10 heteroatoms. The number of nitrogens with one attached hydrogen (secondary N) is 1. The van der Waals surface area contributed by atoms with Crippen LogP contribution in [0.5, 0.6) is 0 Å². The summed E-state index contributed by atoms with van der Waals surface area (Å²) in [7, 11) is 0. The number of halogens is 1. The summed E-state index contributed by atoms with van der Waals surface area (Å²) in [5.41, 5.74) is 3.41. The Hall–Kier alpha value is -4.11. The smallest absolute Gasteiger partial charge is 0.407 e. The highest BCUT2D eigenvalue weighted by molar-refractivity contribution is 6.34. The molecule has 9 nitrogen and oxygen atoms in total. The van der Waals surface area contributed by atoms with Crippen molar-refractivity contribution in [3.63, 3.8) is 0 Å². The second-order valence-corrected chi connectivity index (χ2v) is 13.2. The number of amides is 2. The lowest BCUT2D eigenvalue weighted by Gasteiger charge is -2.36. The largest absolute Gasteiger partial charge is 0.444 e. The van der Waals surface area contributed by atoms with Crippen molar-refractivity contribution in [1.82, 2.24) is 24.4 Å². The molecule has 0 aliphatic heterocycles. The summed E-state index contributed by atoms with van der Waals surface area (Å²) in [6.07, 6.45) is 0.779. The van der Waals surface area contributed by atoms with E-state index in [4.69, 9.17) is 16.3 Å². The van der Waals surface area contributed by atoms with Gasteiger partial charge in [-0.25, -0.2) is 9.59 Å². The molecule has 1 unspecified atom stereocenters. The summed E-state index contributed by atoms with van der Waals surface area (Å²) in [4.78, 5) is 42.4. The molecule has 4 rings (SSSR count). The number of ether oxygens (including phenoxy) is 1. The zero-order valence-electron chi connectivity index (χ0n) is 27.3. The van der Waals surface area contributed by atoms with Crippen LogP contribution in [0.4, 0.5) is 4.79 Å². The Balaban J connectivity index is 1.76. The minimum atomic E-state index is -0.584. The van der Waals surface area contributed by atoms with Crippen molar-refractivity contribution in [2.24, 2.45) is 5.92 Å². The molecule has 2 heterocycles. The van der Waals surface area contributed by atoms with E-state index in [2.05, 4.69) is 24.3 Å². The van der Waals surface area contributed by atoms with Crippen LogP contribution < -0.4 is 11.0 Å². The molecule has 0 saturated heterocycles. The molecule has 0 aliphatic carbocycles. The summed E-state index contributed by atoms with van der Waals surface area (Å²) in [5.74, 6) is -0.200. The van der Waals surface area contributed by atoms with E-state index in [9.17, 15) is 14.4 Å². The predicted octanol–water partition coefficient (Wildman–Crippen LogP) is 6.96. The van der Waals surface area contributed by atoms with Crippen molar-refractivity contribution < 1.29 is 14.3 Å². The predicted molar refractivity (Wildman–Crippen MR) is 178 cm³/mol. The van der Waals surface area contributed by atoms with Gasteiger partial charge in [-0.15, -0.1) is 0 Å². The summed E-state index contributed by atoms with van der Waals surface area (Å²) >= 11 is 6.66. The Labute approximate surface area is 270 Å². The van der Waals surface area contributed by atoms with Crippen molar-refractivity contribution in [3.8, 4) is 0 Å². The third-order valence-corrected chi connectivity index (χ3v) is 8.00. The van der Waals surface area contributed by atoms with Gasteiger partial charge in [-0.3, -0.25) is 9.36 Å². The van der Waals surface area contributed by atoms with Gasteiger partial charge in [0.2, 0.25) is 0 Å². The quantitative estimate of drug-likeness (QED) is 0.180. The standard InChI is InChI=1S/C35H44ClN5O4/c1-23(2)31(29-21-28-30(36)25(4)38-41(28)34(44)40(29)22-26-13-9-8-10-14-26)39(32(42)27-17-15-24(3)16-18-27)20-12-11-19-37-33(43)45-35(5,6)7/h8-10,13-18,21,23,31H,11-12,19-20,22H2,1-7H3,(H,37,43). The van der Waals surface area contributed by atoms with E-state index in [1.807, 2.05) is 93.3 Å². The summed E-state index contributed by atoms with van der Waals surface area (Å²) in [6.45, 7) is 14.4. The Morgan fingerprint density at radius 3 is 2.31 bits per heavy atom. The molecule has 0 bridgehead atoms. The number of carbonyl (C=O) groups is 2. The Morgan fingerprint density at radius 1 is 1.02 bits per heavy atom. The molecule has 1 N–H and O–H groups in total. The number of aromatic nitrogens is 3. The molecular weight excluding hydrogens is 590 g/mol. The van der Waals surface area contributed by atoms with Crippen LogP contribution in [0.3, 0.4) is 0 Å². The van der Waals surface area contributed by atoms with Crippen LogP contribution in [0.15, 0.2) is 65.5 Å². The molecule has 2 amide bonds. The fourth-order valence-electron chi connectivity index (χ4n) is 5.41. The lowest BCUT2D eigenvalue weighted by atomic mass is 9.96. The topological polar surface area (TPSA) is 97.9 Å². The highest BCUT2D eigenvalue weighted by atomic mass is 35.5. The number of carbonyl (C=O) groups excluding carboxylic acids is 2. The summed E-state index contributed by atoms with van der Waals surface area (Å²) in [5, 5.41) is 7.64. The average molecular weight is 634 g/mol. The fraction of sp³-hybridized carbons (Fsp3) is 0.429. The van der Waals surface area contributed by atoms with Crippen molar-refractivity contribution in [1.29, 1.82) is 0 Å². The number of benzene rings is 2. The molecule has 45 heavy (non-hydrogen) atoms. The van der Waals surface area contributed by atoms with Gasteiger partial charge in [0.05, 0.1) is 28.8 Å². The van der Waals surface area contributed by atoms with Gasteiger partial charge >= 0.3 is 11.8 Å². The molecule has 0 radical (unpaired) electrons. The number of nitrogens with zero attached hydrogens (tertiary/aromatic N) is 4. The van der Waals surface area contributed by atoms with Crippen LogP contribution in [0.2, 0.25) is 5.02 Å². The second-order valence-electron chi connectivity index (χ2n) is 12.8. The lowest BCUT2D eigenvalue weighted by molar-refractivity contribution is 0.0519. The second kappa shape index (κ2) is 14.3. The number of rotatable bonds is 11. The van der Waals surface area contributed by atoms with Crippen LogP contribution in [-0.4, -0.2) is 49.8 Å². The fourth-order valence-corrected chi connectivity index (χ4v) is 5.58. The van der Waals surface area contributed by atoms with Crippen LogP contribution in [0.1, 0.15) is 86.4 Å². The van der Waals surface area contributed by atoms with Gasteiger partial charge in [-0.05, 0) is 77.1 Å². The van der Waals surface area contributed by atoms with Crippen molar-refractivity contribution in [3.05, 3.63) is 104 Å². The van der Waals surface area contributed by atoms with Crippen LogP contribution in [0.25, 0.3) is 5.52 Å². The molecule has 0 aliphatic rings. The first-order chi connectivity index (χ1) is 21.3. The molecule has 0 saturated carbocycles. The summed E-state index contributed by atoms with van der Waals surface area (Å²) in [6, 6.07) is 18.7. The summed E-state index contributed by atoms with van der Waals surface area (Å²) < 4.78 is 8.40. The third-order valence-electron chi connectivity index (χ3n) is 7.54. The van der Waals surface area contributed by atoms with Gasteiger partial charge in [0.1, 0.15) is 5.60 Å². The van der Waals surface area contributed by atoms with E-state index in [0.717, 1.165) is 11.1 Å². The third kappa shape index (κ3) is 8.34. The van der Waals surface area contributed by atoms with E-state index >= 15 is 0 Å². The van der Waals surface area contributed by atoms with Crippen LogP contribution in [0, 0.1) is 19.8 Å². The van der Waals surface area contributed by atoms with E-state index in [1.54, 1.807) is 11.5 Å². The number of aryl methyl sites for hydroxylation is 2. The first kappa shape index (κ1) is 33.8. The number of fused-ring (bicyclic) bond motifs is 1. The van der Waals surface area contributed by atoms with Gasteiger partial charge < -0.3 is 15.0 Å². The molecule has 0 fully saturated rings. The normalized spacial score (nSPS) is 12.4. The van der Waals surface area contributed by atoms with Crippen molar-refractivity contribution in [2.75, 3.05) is 13.1 Å². The van der Waals surface area contributed by atoms with Crippen LogP contribution >= 0.6 is 11.6 Å². The molecule has 2 aromatic heterocycles. The van der Waals surface area contributed by atoms with Gasteiger partial charge in [0.25, 0.3) is 5.91 Å². The van der Waals surface area contributed by atoms with Gasteiger partial charge in [-0.1, -0.05) is 73.5 Å². The van der Waals surface area contributed by atoms with E-state index in [1.165, 1.54) is 4.52 Å². The Bertz CT molecular complexity index is 1690. The molecular formula is C35H44ClN5O4. The van der Waals surface area contributed by atoms with Crippen molar-refractivity contribution in [2.45, 2.75) is 79.5 Å². The first-order valence-corrected chi connectivity index (χ1v) is 15.8. The highest BCUT2D eigenvalue weighted by Crippen LogP contribution is 2.33. The van der Waals surface area contributed by atoms with Crippen molar-refractivity contribution >= 4 is 29.1 Å². The van der Waals surface area contributed by atoms with E-state index < -0.39 is 17.7 Å². The van der Waals surface area contributed by atoms with E-state index in [0.29, 0.717) is 60.0 Å². The maximum Gasteiger partial charge on any atom is 0.407 e. The number of unbranched alkanes of at least 4 members (excludes halogenated alkanes) is 1. The SMILES string of the molecule is Cc1ccc(C(=O)N(CCCCNC(=O)OC(C)(C)C)C(c2cc3c(Cl)c(C)nn3c(=O)n2Cc2ccccc2)C(C)C)cc1. The number of alkyl carbamates (subject to hydrolysis) is 1. The number of hydrogen-bond acceptors (Lipinski definition) is 5. The monoisotopic (exact) mass is 633 g/mol. The lowest BCUT2D eigenvalue weighted by Crippen LogP contribution is -2.42. The Kier molecular flexibility index (Phi) is 10.8. The van der Waals surface area contributed by atoms with Gasteiger partial charge in [0.15, 0.2) is 0 Å². The molecule has 1 atom stereocenters. The van der Waals surface area contributed by atoms with Gasteiger partial charge in [0, 0.05) is 24.3 Å².